The predicted octanol–water partition coefficient (Wildman–Crippen LogP) is 2.83. The summed E-state index contributed by atoms with van der Waals surface area (Å²) in [7, 11) is 1.81. The second kappa shape index (κ2) is 4.42. The smallest absolute Gasteiger partial charge is 0.0743 e. The molecule has 1 rings (SSSR count). The molecule has 1 N–H and O–H groups in total. The van der Waals surface area contributed by atoms with Crippen molar-refractivity contribution in [2.45, 2.75) is 59.6 Å². The van der Waals surface area contributed by atoms with Crippen LogP contribution in [0.1, 0.15) is 47.5 Å². The average Bonchev–Trinajstić information content (AvgIpc) is 2.83. The lowest BCUT2D eigenvalue weighted by Gasteiger charge is -2.32. The molecule has 15 heavy (non-hydrogen) atoms. The maximum Gasteiger partial charge on any atom is 0.0743 e. The van der Waals surface area contributed by atoms with Gasteiger partial charge in [0.05, 0.1) is 6.10 Å². The molecule has 2 heteroatoms. The molecule has 1 saturated carbocycles. The van der Waals surface area contributed by atoms with Crippen LogP contribution in [0, 0.1) is 10.8 Å². The zero-order valence-electron chi connectivity index (χ0n) is 11.2. The van der Waals surface area contributed by atoms with Gasteiger partial charge in [-0.25, -0.2) is 0 Å². The van der Waals surface area contributed by atoms with E-state index < -0.39 is 0 Å². The van der Waals surface area contributed by atoms with Crippen molar-refractivity contribution >= 4 is 0 Å². The van der Waals surface area contributed by atoms with Crippen molar-refractivity contribution in [3.8, 4) is 0 Å². The minimum Gasteiger partial charge on any atom is -0.380 e. The number of rotatable bonds is 5. The highest BCUT2D eigenvalue weighted by Gasteiger charge is 2.42. The third-order valence-electron chi connectivity index (χ3n) is 3.94. The van der Waals surface area contributed by atoms with Gasteiger partial charge in [0.15, 0.2) is 0 Å². The van der Waals surface area contributed by atoms with E-state index in [1.807, 2.05) is 0 Å². The van der Waals surface area contributed by atoms with E-state index in [4.69, 9.17) is 4.74 Å². The lowest BCUT2D eigenvalue weighted by molar-refractivity contribution is 0.0145. The zero-order valence-corrected chi connectivity index (χ0v) is 11.2. The van der Waals surface area contributed by atoms with Gasteiger partial charge in [0.2, 0.25) is 0 Å². The summed E-state index contributed by atoms with van der Waals surface area (Å²) in [6.07, 6.45) is 3.03. The van der Waals surface area contributed by atoms with Gasteiger partial charge in [0.25, 0.3) is 0 Å². The Morgan fingerprint density at radius 3 is 2.20 bits per heavy atom. The number of nitrogens with one attached hydrogen (secondary N) is 1. The maximum atomic E-state index is 5.54. The van der Waals surface area contributed by atoms with Crippen LogP contribution in [0.25, 0.3) is 0 Å². The van der Waals surface area contributed by atoms with E-state index in [1.165, 1.54) is 12.8 Å². The van der Waals surface area contributed by atoms with Gasteiger partial charge in [-0.05, 0) is 30.6 Å². The van der Waals surface area contributed by atoms with E-state index in [2.05, 4.69) is 39.9 Å². The summed E-state index contributed by atoms with van der Waals surface area (Å²) in [6, 6.07) is 0.609. The highest BCUT2D eigenvalue weighted by Crippen LogP contribution is 2.47. The van der Waals surface area contributed by atoms with Crippen LogP contribution in [0.3, 0.4) is 0 Å². The maximum absolute atomic E-state index is 5.54. The third-order valence-corrected chi connectivity index (χ3v) is 3.94. The number of hydrogen-bond acceptors (Lipinski definition) is 2. The van der Waals surface area contributed by atoms with Crippen LogP contribution in [0.5, 0.6) is 0 Å². The van der Waals surface area contributed by atoms with Gasteiger partial charge in [-0.2, -0.15) is 0 Å². The molecule has 1 aliphatic carbocycles. The molecule has 0 amide bonds. The number of hydrogen-bond donors (Lipinski definition) is 1. The lowest BCUT2D eigenvalue weighted by atomic mass is 9.88. The second-order valence-corrected chi connectivity index (χ2v) is 6.37. The number of methoxy groups -OCH3 is 1. The molecule has 1 fully saturated rings. The minimum absolute atomic E-state index is 0.214. The second-order valence-electron chi connectivity index (χ2n) is 6.37. The van der Waals surface area contributed by atoms with Crippen LogP contribution >= 0.6 is 0 Å². The molecule has 0 aromatic rings. The molecule has 0 aromatic heterocycles. The topological polar surface area (TPSA) is 21.3 Å². The molecule has 2 unspecified atom stereocenters. The van der Waals surface area contributed by atoms with Crippen LogP contribution in [0.2, 0.25) is 0 Å². The summed E-state index contributed by atoms with van der Waals surface area (Å²) in [5, 5.41) is 3.62. The molecular weight excluding hydrogens is 186 g/mol. The molecule has 0 aliphatic heterocycles. The molecule has 2 nitrogen and oxygen atoms in total. The van der Waals surface area contributed by atoms with Gasteiger partial charge >= 0.3 is 0 Å². The molecule has 90 valence electrons. The fourth-order valence-electron chi connectivity index (χ4n) is 1.90. The summed E-state index contributed by atoms with van der Waals surface area (Å²) in [5.74, 6) is 0. The molecule has 0 saturated heterocycles. The Kier molecular flexibility index (Phi) is 3.83. The first kappa shape index (κ1) is 13.0. The Balaban J connectivity index is 2.34. The number of ether oxygens (including phenoxy) is 1. The fourth-order valence-corrected chi connectivity index (χ4v) is 1.90. The summed E-state index contributed by atoms with van der Waals surface area (Å²) < 4.78 is 5.54. The summed E-state index contributed by atoms with van der Waals surface area (Å²) in [5.41, 5.74) is 0.766. The van der Waals surface area contributed by atoms with Crippen LogP contribution < -0.4 is 5.32 Å². The van der Waals surface area contributed by atoms with Crippen molar-refractivity contribution in [3.05, 3.63) is 0 Å². The first-order valence-corrected chi connectivity index (χ1v) is 6.06. The molecule has 0 bridgehead atoms. The first-order valence-electron chi connectivity index (χ1n) is 6.06. The van der Waals surface area contributed by atoms with Crippen molar-refractivity contribution in [1.82, 2.24) is 5.32 Å². The summed E-state index contributed by atoms with van der Waals surface area (Å²) in [4.78, 5) is 0. The van der Waals surface area contributed by atoms with E-state index >= 15 is 0 Å². The zero-order chi connectivity index (χ0) is 11.7. The lowest BCUT2D eigenvalue weighted by Crippen LogP contribution is -2.43. The molecule has 0 radical (unpaired) electrons. The van der Waals surface area contributed by atoms with Crippen LogP contribution in [0.4, 0.5) is 0 Å². The van der Waals surface area contributed by atoms with Crippen molar-refractivity contribution in [2.75, 3.05) is 13.7 Å². The Labute approximate surface area is 94.8 Å². The standard InChI is InChI=1S/C13H27NO/c1-10(13(5)7-8-13)14-9-11(15-6)12(2,3)4/h10-11,14H,7-9H2,1-6H3. The summed E-state index contributed by atoms with van der Waals surface area (Å²) >= 11 is 0. The highest BCUT2D eigenvalue weighted by atomic mass is 16.5. The van der Waals surface area contributed by atoms with Crippen molar-refractivity contribution in [2.24, 2.45) is 10.8 Å². The van der Waals surface area contributed by atoms with Gasteiger partial charge in [0.1, 0.15) is 0 Å². The van der Waals surface area contributed by atoms with E-state index in [-0.39, 0.29) is 5.41 Å². The quantitative estimate of drug-likeness (QED) is 0.758. The summed E-state index contributed by atoms with van der Waals surface area (Å²) in [6.45, 7) is 12.3. The molecule has 2 atom stereocenters. The molecule has 0 spiro atoms. The SMILES string of the molecule is COC(CNC(C)C1(C)CC1)C(C)(C)C. The monoisotopic (exact) mass is 213 g/mol. The highest BCUT2D eigenvalue weighted by molar-refractivity contribution is 4.97. The van der Waals surface area contributed by atoms with E-state index in [9.17, 15) is 0 Å². The van der Waals surface area contributed by atoms with Crippen molar-refractivity contribution in [1.29, 1.82) is 0 Å². The van der Waals surface area contributed by atoms with Gasteiger partial charge in [-0.3, -0.25) is 0 Å². The Bertz CT molecular complexity index is 203. The Morgan fingerprint density at radius 1 is 1.33 bits per heavy atom. The molecule has 0 aromatic carbocycles. The Morgan fingerprint density at radius 2 is 1.87 bits per heavy atom. The first-order chi connectivity index (χ1) is 6.79. The third kappa shape index (κ3) is 3.46. The van der Waals surface area contributed by atoms with Crippen molar-refractivity contribution < 1.29 is 4.74 Å². The largest absolute Gasteiger partial charge is 0.380 e. The molecular formula is C13H27NO. The van der Waals surface area contributed by atoms with Gasteiger partial charge in [-0.1, -0.05) is 27.7 Å². The van der Waals surface area contributed by atoms with Crippen LogP contribution in [-0.4, -0.2) is 25.8 Å². The normalized spacial score (nSPS) is 23.6. The molecule has 0 heterocycles. The van der Waals surface area contributed by atoms with Gasteiger partial charge in [-0.15, -0.1) is 0 Å². The van der Waals surface area contributed by atoms with Crippen LogP contribution in [-0.2, 0) is 4.74 Å². The average molecular weight is 213 g/mol. The van der Waals surface area contributed by atoms with E-state index in [1.54, 1.807) is 7.11 Å². The predicted molar refractivity (Wildman–Crippen MR) is 65.1 cm³/mol. The fraction of sp³-hybridized carbons (Fsp3) is 1.00. The molecule has 1 aliphatic rings. The Hall–Kier alpha value is -0.0800. The van der Waals surface area contributed by atoms with E-state index in [0.717, 1.165) is 6.54 Å². The van der Waals surface area contributed by atoms with E-state index in [0.29, 0.717) is 17.6 Å². The minimum atomic E-state index is 0.214. The van der Waals surface area contributed by atoms with Crippen LogP contribution in [0.15, 0.2) is 0 Å². The van der Waals surface area contributed by atoms with Gasteiger partial charge in [0, 0.05) is 19.7 Å². The van der Waals surface area contributed by atoms with Crippen molar-refractivity contribution in [3.63, 3.8) is 0 Å². The van der Waals surface area contributed by atoms with Gasteiger partial charge < -0.3 is 10.1 Å².